The van der Waals surface area contributed by atoms with Gasteiger partial charge in [-0.15, -0.1) is 0 Å². The minimum absolute atomic E-state index is 0.0824. The second kappa shape index (κ2) is 5.36. The standard InChI is InChI=1S/C13H27N3O/c1-12(2)6-5-8-16(9-7-12)10-13(3,4)11(17)15-14/h5-10,14H2,1-4H3,(H,15,17). The average Bonchev–Trinajstić information content (AvgIpc) is 2.38. The maximum Gasteiger partial charge on any atom is 0.240 e. The Labute approximate surface area is 105 Å². The fourth-order valence-electron chi connectivity index (χ4n) is 2.46. The molecule has 100 valence electrons. The van der Waals surface area contributed by atoms with Gasteiger partial charge in [0.15, 0.2) is 0 Å². The number of hydrogen-bond acceptors (Lipinski definition) is 3. The van der Waals surface area contributed by atoms with E-state index in [-0.39, 0.29) is 5.91 Å². The van der Waals surface area contributed by atoms with E-state index in [2.05, 4.69) is 24.2 Å². The maximum atomic E-state index is 11.7. The first kappa shape index (κ1) is 14.5. The van der Waals surface area contributed by atoms with Crippen LogP contribution in [0.4, 0.5) is 0 Å². The van der Waals surface area contributed by atoms with Crippen LogP contribution < -0.4 is 11.3 Å². The number of amides is 1. The van der Waals surface area contributed by atoms with Crippen LogP contribution >= 0.6 is 0 Å². The zero-order valence-corrected chi connectivity index (χ0v) is 11.7. The first-order valence-electron chi connectivity index (χ1n) is 6.50. The largest absolute Gasteiger partial charge is 0.302 e. The Kier molecular flexibility index (Phi) is 4.55. The van der Waals surface area contributed by atoms with E-state index in [4.69, 9.17) is 5.84 Å². The van der Waals surface area contributed by atoms with Crippen molar-refractivity contribution in [2.45, 2.75) is 47.0 Å². The van der Waals surface area contributed by atoms with Crippen molar-refractivity contribution in [2.24, 2.45) is 16.7 Å². The van der Waals surface area contributed by atoms with Gasteiger partial charge in [0.25, 0.3) is 0 Å². The summed E-state index contributed by atoms with van der Waals surface area (Å²) in [5, 5.41) is 0. The summed E-state index contributed by atoms with van der Waals surface area (Å²) in [4.78, 5) is 14.1. The molecular weight excluding hydrogens is 214 g/mol. The molecular formula is C13H27N3O. The van der Waals surface area contributed by atoms with Gasteiger partial charge in [0.1, 0.15) is 0 Å². The lowest BCUT2D eigenvalue weighted by Gasteiger charge is -2.30. The van der Waals surface area contributed by atoms with Crippen molar-refractivity contribution in [2.75, 3.05) is 19.6 Å². The van der Waals surface area contributed by atoms with E-state index in [0.29, 0.717) is 5.41 Å². The second-order valence-electron chi connectivity index (χ2n) is 6.65. The molecule has 1 rings (SSSR count). The summed E-state index contributed by atoms with van der Waals surface area (Å²) in [5.41, 5.74) is 2.29. The lowest BCUT2D eigenvalue weighted by molar-refractivity contribution is -0.130. The lowest BCUT2D eigenvalue weighted by Crippen LogP contribution is -2.47. The fraction of sp³-hybridized carbons (Fsp3) is 0.923. The molecule has 0 aromatic carbocycles. The number of nitrogens with two attached hydrogens (primary N) is 1. The van der Waals surface area contributed by atoms with Gasteiger partial charge in [0.2, 0.25) is 5.91 Å². The topological polar surface area (TPSA) is 58.4 Å². The minimum atomic E-state index is -0.413. The van der Waals surface area contributed by atoms with Crippen molar-refractivity contribution < 1.29 is 4.79 Å². The molecule has 3 N–H and O–H groups in total. The van der Waals surface area contributed by atoms with Crippen LogP contribution in [0.5, 0.6) is 0 Å². The van der Waals surface area contributed by atoms with E-state index < -0.39 is 5.41 Å². The number of likely N-dealkylation sites (tertiary alicyclic amines) is 1. The Bertz CT molecular complexity index is 274. The summed E-state index contributed by atoms with van der Waals surface area (Å²) < 4.78 is 0. The number of carbonyl (C=O) groups is 1. The van der Waals surface area contributed by atoms with Gasteiger partial charge in [-0.05, 0) is 51.6 Å². The highest BCUT2D eigenvalue weighted by Crippen LogP contribution is 2.30. The predicted octanol–water partition coefficient (Wildman–Crippen LogP) is 1.51. The molecule has 0 spiro atoms. The molecule has 0 radical (unpaired) electrons. The number of hydrogen-bond donors (Lipinski definition) is 2. The smallest absolute Gasteiger partial charge is 0.240 e. The molecule has 0 aromatic rings. The van der Waals surface area contributed by atoms with E-state index in [0.717, 1.165) is 19.6 Å². The third kappa shape index (κ3) is 4.28. The van der Waals surface area contributed by atoms with Crippen molar-refractivity contribution in [1.29, 1.82) is 0 Å². The van der Waals surface area contributed by atoms with Crippen molar-refractivity contribution >= 4 is 5.91 Å². The zero-order chi connectivity index (χ0) is 13.1. The Morgan fingerprint density at radius 1 is 1.35 bits per heavy atom. The van der Waals surface area contributed by atoms with Crippen molar-refractivity contribution in [3.8, 4) is 0 Å². The number of carbonyl (C=O) groups excluding carboxylic acids is 1. The van der Waals surface area contributed by atoms with E-state index in [9.17, 15) is 4.79 Å². The normalized spacial score (nSPS) is 21.9. The lowest BCUT2D eigenvalue weighted by atomic mass is 9.85. The van der Waals surface area contributed by atoms with Gasteiger partial charge in [0, 0.05) is 6.54 Å². The van der Waals surface area contributed by atoms with Crippen LogP contribution in [0.2, 0.25) is 0 Å². The van der Waals surface area contributed by atoms with E-state index in [1.165, 1.54) is 19.3 Å². The van der Waals surface area contributed by atoms with Crippen molar-refractivity contribution in [3.63, 3.8) is 0 Å². The highest BCUT2D eigenvalue weighted by atomic mass is 16.2. The molecule has 1 heterocycles. The molecule has 1 amide bonds. The van der Waals surface area contributed by atoms with Crippen LogP contribution in [0, 0.1) is 10.8 Å². The Morgan fingerprint density at radius 2 is 2.00 bits per heavy atom. The van der Waals surface area contributed by atoms with Crippen LogP contribution in [0.1, 0.15) is 47.0 Å². The third-order valence-corrected chi connectivity index (χ3v) is 3.80. The van der Waals surface area contributed by atoms with Gasteiger partial charge in [-0.25, -0.2) is 5.84 Å². The average molecular weight is 241 g/mol. The summed E-state index contributed by atoms with van der Waals surface area (Å²) >= 11 is 0. The van der Waals surface area contributed by atoms with Gasteiger partial charge in [-0.1, -0.05) is 13.8 Å². The molecule has 0 aromatic heterocycles. The Hall–Kier alpha value is -0.610. The van der Waals surface area contributed by atoms with Gasteiger partial charge in [-0.3, -0.25) is 10.2 Å². The summed E-state index contributed by atoms with van der Waals surface area (Å²) in [6.45, 7) is 11.5. The van der Waals surface area contributed by atoms with Gasteiger partial charge >= 0.3 is 0 Å². The fourth-order valence-corrected chi connectivity index (χ4v) is 2.46. The number of rotatable bonds is 3. The number of nitrogens with zero attached hydrogens (tertiary/aromatic N) is 1. The van der Waals surface area contributed by atoms with Gasteiger partial charge < -0.3 is 4.90 Å². The molecule has 0 aliphatic carbocycles. The minimum Gasteiger partial charge on any atom is -0.302 e. The second-order valence-corrected chi connectivity index (χ2v) is 6.65. The summed E-state index contributed by atoms with van der Waals surface area (Å²) in [6.07, 6.45) is 3.69. The Balaban J connectivity index is 2.55. The van der Waals surface area contributed by atoms with E-state index >= 15 is 0 Å². The highest BCUT2D eigenvalue weighted by molar-refractivity contribution is 5.81. The first-order chi connectivity index (χ1) is 7.77. The molecule has 1 saturated heterocycles. The summed E-state index contributed by atoms with van der Waals surface area (Å²) in [7, 11) is 0. The number of nitrogens with one attached hydrogen (secondary N) is 1. The van der Waals surface area contributed by atoms with E-state index in [1.54, 1.807) is 0 Å². The molecule has 0 bridgehead atoms. The van der Waals surface area contributed by atoms with Crippen molar-refractivity contribution in [3.05, 3.63) is 0 Å². The van der Waals surface area contributed by atoms with Gasteiger partial charge in [-0.2, -0.15) is 0 Å². The zero-order valence-electron chi connectivity index (χ0n) is 11.7. The monoisotopic (exact) mass is 241 g/mol. The maximum absolute atomic E-state index is 11.7. The van der Waals surface area contributed by atoms with E-state index in [1.807, 2.05) is 13.8 Å². The van der Waals surface area contributed by atoms with Crippen LogP contribution in [-0.2, 0) is 4.79 Å². The van der Waals surface area contributed by atoms with Crippen molar-refractivity contribution in [1.82, 2.24) is 10.3 Å². The molecule has 4 heteroatoms. The summed E-state index contributed by atoms with van der Waals surface area (Å²) in [5.74, 6) is 5.14. The molecule has 1 aliphatic rings. The number of hydrazine groups is 1. The van der Waals surface area contributed by atoms with Crippen LogP contribution in [0.15, 0.2) is 0 Å². The van der Waals surface area contributed by atoms with Crippen LogP contribution in [0.3, 0.4) is 0 Å². The first-order valence-corrected chi connectivity index (χ1v) is 6.50. The van der Waals surface area contributed by atoms with Gasteiger partial charge in [0.05, 0.1) is 5.41 Å². The molecule has 0 saturated carbocycles. The predicted molar refractivity (Wildman–Crippen MR) is 70.2 cm³/mol. The molecule has 4 nitrogen and oxygen atoms in total. The molecule has 17 heavy (non-hydrogen) atoms. The SMILES string of the molecule is CC1(C)CCCN(CC(C)(C)C(=O)NN)CC1. The quantitative estimate of drug-likeness (QED) is 0.447. The van der Waals surface area contributed by atoms with Crippen LogP contribution in [-0.4, -0.2) is 30.4 Å². The highest BCUT2D eigenvalue weighted by Gasteiger charge is 2.31. The molecule has 0 atom stereocenters. The third-order valence-electron chi connectivity index (χ3n) is 3.80. The van der Waals surface area contributed by atoms with Crippen LogP contribution in [0.25, 0.3) is 0 Å². The Morgan fingerprint density at radius 3 is 2.59 bits per heavy atom. The summed E-state index contributed by atoms with van der Waals surface area (Å²) in [6, 6.07) is 0. The molecule has 1 fully saturated rings. The molecule has 1 aliphatic heterocycles. The molecule has 0 unspecified atom stereocenters.